The molecule has 1 aromatic heterocycles. The number of piperidine rings is 1. The number of nitrogens with one attached hydrogen (secondary N) is 2. The fourth-order valence-electron chi connectivity index (χ4n) is 3.80. The summed E-state index contributed by atoms with van der Waals surface area (Å²) in [6.07, 6.45) is 0.793. The van der Waals surface area contributed by atoms with Crippen molar-refractivity contribution in [2.24, 2.45) is 5.92 Å². The van der Waals surface area contributed by atoms with Crippen molar-refractivity contribution in [3.05, 3.63) is 53.1 Å². The summed E-state index contributed by atoms with van der Waals surface area (Å²) in [6.45, 7) is 2.69. The van der Waals surface area contributed by atoms with Crippen LogP contribution in [0.4, 0.5) is 11.6 Å². The zero-order valence-electron chi connectivity index (χ0n) is 19.1. The molecule has 0 spiro atoms. The molecular formula is C23H27N5O5S. The summed E-state index contributed by atoms with van der Waals surface area (Å²) in [5.74, 6) is -1.16. The van der Waals surface area contributed by atoms with Crippen LogP contribution in [0, 0.1) is 17.2 Å². The lowest BCUT2D eigenvalue weighted by molar-refractivity contribution is -0.123. The topological polar surface area (TPSA) is 141 Å². The van der Waals surface area contributed by atoms with Crippen LogP contribution in [0.5, 0.6) is 0 Å². The number of carbonyl (C=O) groups is 2. The number of nitrogens with zero attached hydrogens (tertiary/aromatic N) is 3. The smallest absolute Gasteiger partial charge is 0.341 e. The lowest BCUT2D eigenvalue weighted by atomic mass is 9.96. The van der Waals surface area contributed by atoms with Crippen molar-refractivity contribution in [1.29, 1.82) is 5.26 Å². The van der Waals surface area contributed by atoms with Gasteiger partial charge in [-0.3, -0.25) is 9.52 Å². The molecule has 0 atom stereocenters. The van der Waals surface area contributed by atoms with Gasteiger partial charge in [0.1, 0.15) is 23.3 Å². The number of ether oxygens (including phenoxy) is 1. The van der Waals surface area contributed by atoms with Gasteiger partial charge in [-0.2, -0.15) is 5.26 Å². The second kappa shape index (κ2) is 11.0. The van der Waals surface area contributed by atoms with E-state index in [0.29, 0.717) is 43.1 Å². The van der Waals surface area contributed by atoms with Crippen LogP contribution in [0.25, 0.3) is 0 Å². The summed E-state index contributed by atoms with van der Waals surface area (Å²) in [7, 11) is -2.19. The molecule has 10 nitrogen and oxygen atoms in total. The van der Waals surface area contributed by atoms with Crippen LogP contribution in [0.3, 0.4) is 0 Å². The Kier molecular flexibility index (Phi) is 8.07. The number of esters is 1. The zero-order chi connectivity index (χ0) is 24.7. The minimum atomic E-state index is -3.81. The zero-order valence-corrected chi connectivity index (χ0v) is 19.9. The van der Waals surface area contributed by atoms with Gasteiger partial charge in [0, 0.05) is 26.1 Å². The van der Waals surface area contributed by atoms with Crippen molar-refractivity contribution in [3.8, 4) is 6.07 Å². The molecule has 0 unspecified atom stereocenters. The quantitative estimate of drug-likeness (QED) is 0.537. The number of sulfonamides is 1. The van der Waals surface area contributed by atoms with E-state index >= 15 is 0 Å². The highest BCUT2D eigenvalue weighted by atomic mass is 32.2. The first-order chi connectivity index (χ1) is 16.3. The van der Waals surface area contributed by atoms with Gasteiger partial charge in [0.05, 0.1) is 17.9 Å². The molecule has 1 saturated heterocycles. The van der Waals surface area contributed by atoms with E-state index in [0.717, 1.165) is 0 Å². The minimum Gasteiger partial charge on any atom is -0.462 e. The lowest BCUT2D eigenvalue weighted by Gasteiger charge is -2.32. The molecule has 0 aliphatic carbocycles. The van der Waals surface area contributed by atoms with Gasteiger partial charge in [-0.25, -0.2) is 18.2 Å². The molecule has 3 rings (SSSR count). The fraction of sp³-hybridized carbons (Fsp3) is 0.391. The third-order valence-electron chi connectivity index (χ3n) is 5.48. The number of nitriles is 1. The lowest BCUT2D eigenvalue weighted by Crippen LogP contribution is -2.43. The molecule has 0 radical (unpaired) electrons. The maximum Gasteiger partial charge on any atom is 0.341 e. The predicted molar refractivity (Wildman–Crippen MR) is 127 cm³/mol. The van der Waals surface area contributed by atoms with Crippen LogP contribution in [-0.2, 0) is 25.3 Å². The van der Waals surface area contributed by atoms with Crippen molar-refractivity contribution < 1.29 is 22.7 Å². The number of carbonyl (C=O) groups excluding carboxylic acids is 2. The molecule has 0 bridgehead atoms. The summed E-state index contributed by atoms with van der Waals surface area (Å²) >= 11 is 0. The van der Waals surface area contributed by atoms with Crippen LogP contribution >= 0.6 is 0 Å². The third-order valence-corrected chi connectivity index (χ3v) is 6.70. The van der Waals surface area contributed by atoms with Crippen LogP contribution in [0.15, 0.2) is 36.4 Å². The molecule has 2 aromatic rings. The Labute approximate surface area is 199 Å². The van der Waals surface area contributed by atoms with Gasteiger partial charge in [-0.15, -0.1) is 0 Å². The van der Waals surface area contributed by atoms with Crippen molar-refractivity contribution in [2.75, 3.05) is 37.0 Å². The Morgan fingerprint density at radius 1 is 1.24 bits per heavy atom. The number of rotatable bonds is 8. The maximum absolute atomic E-state index is 12.6. The highest BCUT2D eigenvalue weighted by Crippen LogP contribution is 2.28. The summed E-state index contributed by atoms with van der Waals surface area (Å²) in [5, 5.41) is 12.5. The number of pyridine rings is 1. The molecule has 1 aliphatic rings. The van der Waals surface area contributed by atoms with E-state index < -0.39 is 27.8 Å². The van der Waals surface area contributed by atoms with E-state index in [-0.39, 0.29) is 23.5 Å². The van der Waals surface area contributed by atoms with Crippen molar-refractivity contribution in [2.45, 2.75) is 25.5 Å². The molecule has 1 aromatic carbocycles. The van der Waals surface area contributed by atoms with Gasteiger partial charge in [0.25, 0.3) is 0 Å². The normalized spacial score (nSPS) is 14.2. The monoisotopic (exact) mass is 485 g/mol. The number of benzene rings is 1. The van der Waals surface area contributed by atoms with Gasteiger partial charge >= 0.3 is 5.97 Å². The third kappa shape index (κ3) is 6.02. The molecule has 2 heterocycles. The van der Waals surface area contributed by atoms with E-state index in [1.54, 1.807) is 44.3 Å². The largest absolute Gasteiger partial charge is 0.462 e. The first kappa shape index (κ1) is 25.0. The van der Waals surface area contributed by atoms with E-state index in [9.17, 15) is 23.3 Å². The molecular weight excluding hydrogens is 458 g/mol. The number of aromatic nitrogens is 1. The Morgan fingerprint density at radius 2 is 1.91 bits per heavy atom. The van der Waals surface area contributed by atoms with Crippen molar-refractivity contribution >= 4 is 33.5 Å². The highest BCUT2D eigenvalue weighted by Gasteiger charge is 2.30. The second-order valence-electron chi connectivity index (χ2n) is 7.81. The Hall–Kier alpha value is -3.65. The summed E-state index contributed by atoms with van der Waals surface area (Å²) < 4.78 is 32.0. The average Bonchev–Trinajstić information content (AvgIpc) is 2.83. The summed E-state index contributed by atoms with van der Waals surface area (Å²) in [6, 6.07) is 12.2. The van der Waals surface area contributed by atoms with E-state index in [1.165, 1.54) is 6.07 Å². The molecule has 11 heteroatoms. The SMILES string of the molecule is CCOC(=O)c1cc(C#N)c(N2CCC(C(=O)NS(=O)(=O)Cc3ccccc3)CC2)nc1NC. The Bertz CT molecular complexity index is 1190. The number of hydrogen-bond donors (Lipinski definition) is 2. The van der Waals surface area contributed by atoms with Gasteiger partial charge in [0.2, 0.25) is 15.9 Å². The van der Waals surface area contributed by atoms with E-state index in [1.807, 2.05) is 4.90 Å². The molecule has 34 heavy (non-hydrogen) atoms. The number of amides is 1. The molecule has 1 aliphatic heterocycles. The molecule has 2 N–H and O–H groups in total. The first-order valence-corrected chi connectivity index (χ1v) is 12.6. The Balaban J connectivity index is 1.67. The van der Waals surface area contributed by atoms with Crippen LogP contribution in [0.1, 0.15) is 41.3 Å². The molecule has 180 valence electrons. The van der Waals surface area contributed by atoms with Crippen molar-refractivity contribution in [3.63, 3.8) is 0 Å². The molecule has 1 fully saturated rings. The van der Waals surface area contributed by atoms with Gasteiger partial charge < -0.3 is 15.0 Å². The van der Waals surface area contributed by atoms with Gasteiger partial charge in [-0.05, 0) is 31.4 Å². The first-order valence-electron chi connectivity index (χ1n) is 10.9. The highest BCUT2D eigenvalue weighted by molar-refractivity contribution is 7.89. The van der Waals surface area contributed by atoms with Crippen LogP contribution in [0.2, 0.25) is 0 Å². The minimum absolute atomic E-state index is 0.169. The average molecular weight is 486 g/mol. The van der Waals surface area contributed by atoms with Crippen molar-refractivity contribution in [1.82, 2.24) is 9.71 Å². The van der Waals surface area contributed by atoms with Crippen LogP contribution in [-0.4, -0.2) is 52.0 Å². The van der Waals surface area contributed by atoms with E-state index in [4.69, 9.17) is 4.74 Å². The maximum atomic E-state index is 12.6. The van der Waals surface area contributed by atoms with Crippen LogP contribution < -0.4 is 14.9 Å². The second-order valence-corrected chi connectivity index (χ2v) is 9.53. The standard InChI is InChI=1S/C23H27N5O5S/c1-3-33-23(30)19-13-18(14-24)21(26-20(19)25-2)28-11-9-17(10-12-28)22(29)27-34(31,32)15-16-7-5-4-6-8-16/h4-8,13,17H,3,9-12,15H2,1-2H3,(H,25,26)(H,27,29). The summed E-state index contributed by atoms with van der Waals surface area (Å²) in [4.78, 5) is 31.1. The Morgan fingerprint density at radius 3 is 2.50 bits per heavy atom. The number of hydrogen-bond acceptors (Lipinski definition) is 9. The van der Waals surface area contributed by atoms with Gasteiger partial charge in [0.15, 0.2) is 0 Å². The summed E-state index contributed by atoms with van der Waals surface area (Å²) in [5.41, 5.74) is 0.984. The van der Waals surface area contributed by atoms with E-state index in [2.05, 4.69) is 21.1 Å². The predicted octanol–water partition coefficient (Wildman–Crippen LogP) is 2.03. The molecule has 1 amide bonds. The van der Waals surface area contributed by atoms with Gasteiger partial charge in [-0.1, -0.05) is 30.3 Å². The number of anilines is 2. The molecule has 0 saturated carbocycles. The fourth-order valence-corrected chi connectivity index (χ4v) is 4.98.